The van der Waals surface area contributed by atoms with E-state index in [9.17, 15) is 24.6 Å². The fourth-order valence-corrected chi connectivity index (χ4v) is 3.31. The van der Waals surface area contributed by atoms with Gasteiger partial charge in [0.25, 0.3) is 5.91 Å². The highest BCUT2D eigenvalue weighted by Crippen LogP contribution is 2.22. The van der Waals surface area contributed by atoms with Crippen LogP contribution in [-0.4, -0.2) is 39.5 Å². The van der Waals surface area contributed by atoms with Crippen LogP contribution < -0.4 is 10.1 Å². The number of carbonyl (C=O) groups excluding carboxylic acids is 2. The fourth-order valence-electron chi connectivity index (χ4n) is 3.18. The Morgan fingerprint density at radius 3 is 1.97 bits per heavy atom. The van der Waals surface area contributed by atoms with E-state index >= 15 is 0 Å². The van der Waals surface area contributed by atoms with E-state index in [1.165, 1.54) is 26.0 Å². The Morgan fingerprint density at radius 1 is 0.912 bits per heavy atom. The third-order valence-corrected chi connectivity index (χ3v) is 5.37. The number of nitrogens with one attached hydrogen (secondary N) is 1. The number of rotatable bonds is 9. The number of phenols is 1. The van der Waals surface area contributed by atoms with E-state index in [1.54, 1.807) is 60.7 Å². The monoisotopic (exact) mass is 481 g/mol. The summed E-state index contributed by atoms with van der Waals surface area (Å²) in [5.74, 6) is -1.57. The number of hydrogen-bond acceptors (Lipinski definition) is 5. The summed E-state index contributed by atoms with van der Waals surface area (Å²) < 4.78 is 5.80. The number of aliphatic carboxylic acids is 1. The highest BCUT2D eigenvalue weighted by Gasteiger charge is 2.33. The number of halogens is 1. The van der Waals surface area contributed by atoms with E-state index in [4.69, 9.17) is 16.3 Å². The lowest BCUT2D eigenvalue weighted by molar-refractivity contribution is -0.144. The van der Waals surface area contributed by atoms with Crippen molar-refractivity contribution in [3.05, 3.63) is 94.5 Å². The molecule has 1 amide bonds. The zero-order valence-electron chi connectivity index (χ0n) is 18.6. The summed E-state index contributed by atoms with van der Waals surface area (Å²) in [5.41, 5.74) is 0.192. The first-order valence-electron chi connectivity index (χ1n) is 10.5. The van der Waals surface area contributed by atoms with Gasteiger partial charge in [-0.15, -0.1) is 0 Å². The molecule has 0 aliphatic heterocycles. The molecule has 176 valence electrons. The Balaban J connectivity index is 1.65. The van der Waals surface area contributed by atoms with Gasteiger partial charge in [-0.2, -0.15) is 0 Å². The molecule has 0 aliphatic rings. The van der Waals surface area contributed by atoms with Crippen molar-refractivity contribution in [3.8, 4) is 11.5 Å². The molecular weight excluding hydrogens is 458 g/mol. The summed E-state index contributed by atoms with van der Waals surface area (Å²) in [4.78, 5) is 37.1. The molecule has 3 rings (SSSR count). The van der Waals surface area contributed by atoms with E-state index in [0.29, 0.717) is 27.5 Å². The van der Waals surface area contributed by atoms with Crippen LogP contribution in [0.2, 0.25) is 5.02 Å². The van der Waals surface area contributed by atoms with Gasteiger partial charge in [0.05, 0.1) is 0 Å². The maximum Gasteiger partial charge on any atom is 0.326 e. The van der Waals surface area contributed by atoms with Crippen LogP contribution in [0.25, 0.3) is 0 Å². The van der Waals surface area contributed by atoms with Gasteiger partial charge in [0.2, 0.25) is 0 Å². The number of carboxylic acid groups (broad SMARTS) is 1. The number of amides is 1. The molecule has 0 aromatic heterocycles. The number of carboxylic acids is 1. The van der Waals surface area contributed by atoms with Gasteiger partial charge >= 0.3 is 5.97 Å². The highest BCUT2D eigenvalue weighted by molar-refractivity contribution is 6.30. The van der Waals surface area contributed by atoms with Gasteiger partial charge in [-0.3, -0.25) is 9.59 Å². The van der Waals surface area contributed by atoms with Crippen LogP contribution in [0.5, 0.6) is 11.5 Å². The standard InChI is InChI=1S/C26H24ClNO6/c1-26(2,25(33)28-22(24(31)32)15-16-3-11-20(29)12-4-16)34-21-13-7-18(8-14-21)23(30)17-5-9-19(27)10-6-17/h3-14,22,29H,15H2,1-2H3,(H,28,33)(H,31,32). The SMILES string of the molecule is CC(C)(Oc1ccc(C(=O)c2ccc(Cl)cc2)cc1)C(=O)NC(Cc1ccc(O)cc1)C(=O)O. The highest BCUT2D eigenvalue weighted by atomic mass is 35.5. The van der Waals surface area contributed by atoms with Crippen LogP contribution in [0.3, 0.4) is 0 Å². The maximum absolute atomic E-state index is 12.8. The summed E-state index contributed by atoms with van der Waals surface area (Å²) in [6, 6.07) is 17.8. The molecule has 0 fully saturated rings. The Kier molecular flexibility index (Phi) is 7.58. The second kappa shape index (κ2) is 10.4. The molecule has 0 heterocycles. The van der Waals surface area contributed by atoms with Crippen LogP contribution in [0, 0.1) is 0 Å². The number of phenolic OH excluding ortho intramolecular Hbond substituents is 1. The lowest BCUT2D eigenvalue weighted by Gasteiger charge is -2.27. The van der Waals surface area contributed by atoms with Crippen LogP contribution in [0.15, 0.2) is 72.8 Å². The van der Waals surface area contributed by atoms with E-state index in [0.717, 1.165) is 0 Å². The zero-order valence-corrected chi connectivity index (χ0v) is 19.4. The van der Waals surface area contributed by atoms with Gasteiger partial charge in [-0.25, -0.2) is 4.79 Å². The number of benzene rings is 3. The predicted molar refractivity (Wildman–Crippen MR) is 127 cm³/mol. The molecule has 1 atom stereocenters. The average molecular weight is 482 g/mol. The molecule has 0 radical (unpaired) electrons. The van der Waals surface area contributed by atoms with Crippen LogP contribution >= 0.6 is 11.6 Å². The van der Waals surface area contributed by atoms with Gasteiger partial charge in [0.15, 0.2) is 11.4 Å². The van der Waals surface area contributed by atoms with E-state index in [2.05, 4.69) is 5.32 Å². The molecule has 0 saturated heterocycles. The van der Waals surface area contributed by atoms with E-state index in [-0.39, 0.29) is 18.0 Å². The molecule has 3 aromatic carbocycles. The maximum atomic E-state index is 12.8. The van der Waals surface area contributed by atoms with Gasteiger partial charge in [-0.1, -0.05) is 23.7 Å². The normalized spacial score (nSPS) is 12.0. The number of hydrogen-bond donors (Lipinski definition) is 3. The first kappa shape index (κ1) is 24.8. The third kappa shape index (κ3) is 6.36. The van der Waals surface area contributed by atoms with Crippen LogP contribution in [0.4, 0.5) is 0 Å². The lowest BCUT2D eigenvalue weighted by Crippen LogP contribution is -2.52. The zero-order chi connectivity index (χ0) is 24.9. The quantitative estimate of drug-likeness (QED) is 0.394. The van der Waals surface area contributed by atoms with Crippen molar-refractivity contribution in [1.29, 1.82) is 0 Å². The Hall–Kier alpha value is -3.84. The predicted octanol–water partition coefficient (Wildman–Crippen LogP) is 4.25. The summed E-state index contributed by atoms with van der Waals surface area (Å²) in [7, 11) is 0. The van der Waals surface area contributed by atoms with Crippen molar-refractivity contribution >= 4 is 29.3 Å². The Morgan fingerprint density at radius 2 is 1.44 bits per heavy atom. The molecule has 34 heavy (non-hydrogen) atoms. The molecule has 1 unspecified atom stereocenters. The number of ketones is 1. The van der Waals surface area contributed by atoms with Gasteiger partial charge in [0, 0.05) is 22.6 Å². The second-order valence-electron chi connectivity index (χ2n) is 8.21. The van der Waals surface area contributed by atoms with Crippen molar-refractivity contribution in [3.63, 3.8) is 0 Å². The molecule has 0 bridgehead atoms. The minimum Gasteiger partial charge on any atom is -0.508 e. The molecule has 3 aromatic rings. The smallest absolute Gasteiger partial charge is 0.326 e. The third-order valence-electron chi connectivity index (χ3n) is 5.12. The van der Waals surface area contributed by atoms with Crippen molar-refractivity contribution in [2.75, 3.05) is 0 Å². The van der Waals surface area contributed by atoms with Crippen molar-refractivity contribution in [2.24, 2.45) is 0 Å². The number of carbonyl (C=O) groups is 3. The minimum atomic E-state index is -1.38. The molecule has 0 spiro atoms. The topological polar surface area (TPSA) is 113 Å². The van der Waals surface area contributed by atoms with E-state index < -0.39 is 23.5 Å². The summed E-state index contributed by atoms with van der Waals surface area (Å²) >= 11 is 5.86. The average Bonchev–Trinajstić information content (AvgIpc) is 2.80. The summed E-state index contributed by atoms with van der Waals surface area (Å²) in [5, 5.41) is 22.0. The lowest BCUT2D eigenvalue weighted by atomic mass is 10.0. The largest absolute Gasteiger partial charge is 0.508 e. The molecule has 7 nitrogen and oxygen atoms in total. The molecule has 8 heteroatoms. The first-order chi connectivity index (χ1) is 16.0. The molecular formula is C26H24ClNO6. The molecule has 0 saturated carbocycles. The minimum absolute atomic E-state index is 0.0406. The second-order valence-corrected chi connectivity index (χ2v) is 8.64. The summed E-state index contributed by atoms with van der Waals surface area (Å²) in [6.45, 7) is 3.04. The Labute approximate surface area is 202 Å². The molecule has 3 N–H and O–H groups in total. The van der Waals surface area contributed by atoms with E-state index in [1.807, 2.05) is 0 Å². The fraction of sp³-hybridized carbons (Fsp3) is 0.192. The van der Waals surface area contributed by atoms with Crippen molar-refractivity contribution in [1.82, 2.24) is 5.32 Å². The first-order valence-corrected chi connectivity index (χ1v) is 10.8. The van der Waals surface area contributed by atoms with Crippen molar-refractivity contribution in [2.45, 2.75) is 31.9 Å². The van der Waals surface area contributed by atoms with Crippen LogP contribution in [-0.2, 0) is 16.0 Å². The summed E-state index contributed by atoms with van der Waals surface area (Å²) in [6.07, 6.45) is 0.0406. The number of aromatic hydroxyl groups is 1. The van der Waals surface area contributed by atoms with Crippen molar-refractivity contribution < 1.29 is 29.3 Å². The van der Waals surface area contributed by atoms with Gasteiger partial charge in [-0.05, 0) is 80.1 Å². The van der Waals surface area contributed by atoms with Crippen LogP contribution in [0.1, 0.15) is 35.3 Å². The van der Waals surface area contributed by atoms with Gasteiger partial charge in [0.1, 0.15) is 17.5 Å². The van der Waals surface area contributed by atoms with Gasteiger partial charge < -0.3 is 20.3 Å². The Bertz CT molecular complexity index is 1170. The number of ether oxygens (including phenoxy) is 1. The molecule has 0 aliphatic carbocycles.